The van der Waals surface area contributed by atoms with Gasteiger partial charge in [-0.05, 0) is 31.5 Å². The molecule has 1 heterocycles. The lowest BCUT2D eigenvalue weighted by molar-refractivity contribution is -0.135. The summed E-state index contributed by atoms with van der Waals surface area (Å²) in [5, 5.41) is 4.29. The summed E-state index contributed by atoms with van der Waals surface area (Å²) in [7, 11) is 0. The summed E-state index contributed by atoms with van der Waals surface area (Å²) in [5.74, 6) is -0.0531. The van der Waals surface area contributed by atoms with Crippen LogP contribution in [0.5, 0.6) is 0 Å². The molecule has 20 heavy (non-hydrogen) atoms. The van der Waals surface area contributed by atoms with E-state index in [9.17, 15) is 4.79 Å². The summed E-state index contributed by atoms with van der Waals surface area (Å²) in [6, 6.07) is 5.61. The first-order valence-electron chi connectivity index (χ1n) is 6.47. The molecule has 1 aliphatic rings. The number of halogens is 3. The van der Waals surface area contributed by atoms with Crippen LogP contribution in [-0.4, -0.2) is 36.5 Å². The minimum absolute atomic E-state index is 0. The molecule has 0 spiro atoms. The molecule has 0 aromatic heterocycles. The van der Waals surface area contributed by atoms with E-state index in [1.165, 1.54) is 0 Å². The Bertz CT molecular complexity index is 481. The van der Waals surface area contributed by atoms with Crippen molar-refractivity contribution in [3.8, 4) is 0 Å². The third kappa shape index (κ3) is 3.79. The van der Waals surface area contributed by atoms with Crippen molar-refractivity contribution < 1.29 is 4.79 Å². The smallest absolute Gasteiger partial charge is 0.230 e. The number of piperazine rings is 1. The maximum atomic E-state index is 12.5. The number of nitrogens with one attached hydrogen (secondary N) is 1. The normalized spacial score (nSPS) is 20.2. The van der Waals surface area contributed by atoms with Crippen molar-refractivity contribution >= 4 is 41.5 Å². The predicted octanol–water partition coefficient (Wildman–Crippen LogP) is 3.34. The zero-order chi connectivity index (χ0) is 14.0. The van der Waals surface area contributed by atoms with Gasteiger partial charge < -0.3 is 10.2 Å². The van der Waals surface area contributed by atoms with E-state index in [0.29, 0.717) is 10.0 Å². The van der Waals surface area contributed by atoms with Gasteiger partial charge in [-0.3, -0.25) is 4.79 Å². The Morgan fingerprint density at radius 1 is 1.40 bits per heavy atom. The highest BCUT2D eigenvalue weighted by atomic mass is 35.5. The van der Waals surface area contributed by atoms with E-state index in [2.05, 4.69) is 12.2 Å². The molecule has 1 amide bonds. The molecule has 1 aliphatic heterocycles. The molecule has 1 aromatic rings. The number of benzene rings is 1. The molecule has 1 fully saturated rings. The molecule has 1 saturated heterocycles. The molecule has 1 N–H and O–H groups in total. The SMILES string of the molecule is CC(C(=O)N1CCNC[C@@H]1C)c1ccc(Cl)c(Cl)c1.Cl. The van der Waals surface area contributed by atoms with Crippen LogP contribution in [0, 0.1) is 0 Å². The van der Waals surface area contributed by atoms with Gasteiger partial charge >= 0.3 is 0 Å². The van der Waals surface area contributed by atoms with Gasteiger partial charge in [0.05, 0.1) is 16.0 Å². The number of carbonyl (C=O) groups excluding carboxylic acids is 1. The van der Waals surface area contributed by atoms with E-state index in [0.717, 1.165) is 25.2 Å². The molecule has 1 unspecified atom stereocenters. The monoisotopic (exact) mass is 336 g/mol. The van der Waals surface area contributed by atoms with Crippen molar-refractivity contribution in [3.63, 3.8) is 0 Å². The van der Waals surface area contributed by atoms with Gasteiger partial charge in [0.2, 0.25) is 5.91 Å². The van der Waals surface area contributed by atoms with Crippen LogP contribution in [0.2, 0.25) is 10.0 Å². The number of carbonyl (C=O) groups is 1. The first-order valence-corrected chi connectivity index (χ1v) is 7.22. The fraction of sp³-hybridized carbons (Fsp3) is 0.500. The number of amides is 1. The Hall–Kier alpha value is -0.480. The van der Waals surface area contributed by atoms with Crippen LogP contribution in [0.4, 0.5) is 0 Å². The minimum Gasteiger partial charge on any atom is -0.337 e. The maximum Gasteiger partial charge on any atom is 0.230 e. The van der Waals surface area contributed by atoms with Crippen LogP contribution < -0.4 is 5.32 Å². The van der Waals surface area contributed by atoms with Crippen LogP contribution in [0.1, 0.15) is 25.3 Å². The summed E-state index contributed by atoms with van der Waals surface area (Å²) in [5.41, 5.74) is 0.908. The number of hydrogen-bond donors (Lipinski definition) is 1. The molecule has 3 nitrogen and oxygen atoms in total. The second-order valence-electron chi connectivity index (χ2n) is 4.98. The average Bonchev–Trinajstić information content (AvgIpc) is 2.41. The van der Waals surface area contributed by atoms with E-state index < -0.39 is 0 Å². The molecule has 0 bridgehead atoms. The fourth-order valence-electron chi connectivity index (χ4n) is 2.34. The first kappa shape index (κ1) is 17.6. The topological polar surface area (TPSA) is 32.3 Å². The Morgan fingerprint density at radius 2 is 2.10 bits per heavy atom. The van der Waals surface area contributed by atoms with E-state index >= 15 is 0 Å². The van der Waals surface area contributed by atoms with Crippen molar-refractivity contribution in [1.29, 1.82) is 0 Å². The minimum atomic E-state index is -0.199. The molecule has 2 atom stereocenters. The third-order valence-electron chi connectivity index (χ3n) is 3.60. The van der Waals surface area contributed by atoms with Gasteiger partial charge in [0.25, 0.3) is 0 Å². The van der Waals surface area contributed by atoms with Gasteiger partial charge in [0.15, 0.2) is 0 Å². The molecule has 112 valence electrons. The van der Waals surface area contributed by atoms with Gasteiger partial charge in [-0.1, -0.05) is 29.3 Å². The van der Waals surface area contributed by atoms with Crippen molar-refractivity contribution in [2.24, 2.45) is 0 Å². The Balaban J connectivity index is 0.00000200. The predicted molar refractivity (Wildman–Crippen MR) is 86.2 cm³/mol. The van der Waals surface area contributed by atoms with E-state index in [1.54, 1.807) is 12.1 Å². The van der Waals surface area contributed by atoms with Crippen molar-refractivity contribution in [1.82, 2.24) is 10.2 Å². The molecule has 0 radical (unpaired) electrons. The van der Waals surface area contributed by atoms with Crippen LogP contribution in [0.3, 0.4) is 0 Å². The highest BCUT2D eigenvalue weighted by Gasteiger charge is 2.27. The van der Waals surface area contributed by atoms with E-state index in [4.69, 9.17) is 23.2 Å². The second-order valence-corrected chi connectivity index (χ2v) is 5.79. The lowest BCUT2D eigenvalue weighted by Gasteiger charge is -2.35. The summed E-state index contributed by atoms with van der Waals surface area (Å²) in [6.45, 7) is 6.43. The van der Waals surface area contributed by atoms with Gasteiger partial charge in [-0.25, -0.2) is 0 Å². The lowest BCUT2D eigenvalue weighted by atomic mass is 9.98. The van der Waals surface area contributed by atoms with Crippen molar-refractivity contribution in [2.75, 3.05) is 19.6 Å². The number of nitrogens with zero attached hydrogens (tertiary/aromatic N) is 1. The second kappa shape index (κ2) is 7.51. The molecule has 6 heteroatoms. The molecule has 1 aromatic carbocycles. The largest absolute Gasteiger partial charge is 0.337 e. The highest BCUT2D eigenvalue weighted by molar-refractivity contribution is 6.42. The highest BCUT2D eigenvalue weighted by Crippen LogP contribution is 2.27. The summed E-state index contributed by atoms with van der Waals surface area (Å²) in [4.78, 5) is 14.5. The number of hydrogen-bond acceptors (Lipinski definition) is 2. The van der Waals surface area contributed by atoms with Gasteiger partial charge in [-0.2, -0.15) is 0 Å². The first-order chi connectivity index (χ1) is 9.00. The van der Waals surface area contributed by atoms with E-state index in [-0.39, 0.29) is 30.3 Å². The average molecular weight is 338 g/mol. The Labute approximate surface area is 136 Å². The standard InChI is InChI=1S/C14H18Cl2N2O.ClH/c1-9-8-17-5-6-18(9)14(19)10(2)11-3-4-12(15)13(16)7-11;/h3-4,7,9-10,17H,5-6,8H2,1-2H3;1H/t9-,10?;/m0./s1. The van der Waals surface area contributed by atoms with Crippen molar-refractivity contribution in [3.05, 3.63) is 33.8 Å². The van der Waals surface area contributed by atoms with Crippen LogP contribution in [-0.2, 0) is 4.79 Å². The zero-order valence-electron chi connectivity index (χ0n) is 11.5. The van der Waals surface area contributed by atoms with Gasteiger partial charge in [-0.15, -0.1) is 12.4 Å². The maximum absolute atomic E-state index is 12.5. The van der Waals surface area contributed by atoms with Crippen LogP contribution in [0.15, 0.2) is 18.2 Å². The molecule has 2 rings (SSSR count). The summed E-state index contributed by atoms with van der Waals surface area (Å²) >= 11 is 11.9. The van der Waals surface area contributed by atoms with Crippen LogP contribution >= 0.6 is 35.6 Å². The molecular formula is C14H19Cl3N2O. The zero-order valence-corrected chi connectivity index (χ0v) is 13.9. The molecule has 0 saturated carbocycles. The summed E-state index contributed by atoms with van der Waals surface area (Å²) < 4.78 is 0. The molecule has 0 aliphatic carbocycles. The summed E-state index contributed by atoms with van der Waals surface area (Å²) in [6.07, 6.45) is 0. The number of rotatable bonds is 2. The van der Waals surface area contributed by atoms with E-state index in [1.807, 2.05) is 17.9 Å². The lowest BCUT2D eigenvalue weighted by Crippen LogP contribution is -2.53. The fourth-order valence-corrected chi connectivity index (χ4v) is 2.65. The van der Waals surface area contributed by atoms with Gasteiger partial charge in [0.1, 0.15) is 0 Å². The Kier molecular flexibility index (Phi) is 6.59. The third-order valence-corrected chi connectivity index (χ3v) is 4.34. The van der Waals surface area contributed by atoms with Crippen molar-refractivity contribution in [2.45, 2.75) is 25.8 Å². The quantitative estimate of drug-likeness (QED) is 0.897. The molecular weight excluding hydrogens is 319 g/mol. The van der Waals surface area contributed by atoms with Gasteiger partial charge in [0, 0.05) is 25.7 Å². The van der Waals surface area contributed by atoms with Crippen LogP contribution in [0.25, 0.3) is 0 Å². The Morgan fingerprint density at radius 3 is 2.70 bits per heavy atom.